The molecule has 3 rings (SSSR count). The van der Waals surface area contributed by atoms with Crippen LogP contribution in [0.2, 0.25) is 20.2 Å². The molecule has 0 aliphatic carbocycles. The molecule has 0 saturated carbocycles. The molecule has 1 fully saturated rings. The second-order valence-corrected chi connectivity index (χ2v) is 27.9. The van der Waals surface area contributed by atoms with E-state index in [0.29, 0.717) is 25.8 Å². The van der Waals surface area contributed by atoms with Gasteiger partial charge in [-0.1, -0.05) is 107 Å². The summed E-state index contributed by atoms with van der Waals surface area (Å²) in [5, 5.41) is 1.28. The van der Waals surface area contributed by atoms with Gasteiger partial charge in [0.25, 0.3) is 0 Å². The summed E-state index contributed by atoms with van der Waals surface area (Å²) in [4.78, 5) is 0. The summed E-state index contributed by atoms with van der Waals surface area (Å²) in [7, 11) is -3.84. The van der Waals surface area contributed by atoms with Gasteiger partial charge >= 0.3 is 0 Å². The third-order valence-corrected chi connectivity index (χ3v) is 35.0. The van der Waals surface area contributed by atoms with E-state index < -0.39 is 15.3 Å². The Balaban J connectivity index is 2.51. The minimum atomic E-state index is -1.94. The van der Waals surface area contributed by atoms with E-state index in [0.717, 1.165) is 0 Å². The molecule has 0 bridgehead atoms. The topological polar surface area (TPSA) is 3.24 Å². The Labute approximate surface area is 176 Å². The highest BCUT2D eigenvalue weighted by Gasteiger charge is 2.86. The fourth-order valence-corrected chi connectivity index (χ4v) is 41.4. The molecule has 2 aliphatic heterocycles. The summed E-state index contributed by atoms with van der Waals surface area (Å²) in [6, 6.07) is 9.21. The number of rotatable bonds is 0. The summed E-state index contributed by atoms with van der Waals surface area (Å²) in [6.07, 6.45) is 4.91. The molecule has 1 nitrogen and oxygen atoms in total. The first-order valence-electron chi connectivity index (χ1n) is 11.0. The first kappa shape index (κ1) is 21.9. The normalized spacial score (nSPS) is 23.7. The van der Waals surface area contributed by atoms with Crippen LogP contribution in [-0.2, 0) is 0 Å². The van der Waals surface area contributed by atoms with Gasteiger partial charge in [-0.3, -0.25) is 0 Å². The zero-order valence-corrected chi connectivity index (χ0v) is 22.5. The van der Waals surface area contributed by atoms with Crippen molar-refractivity contribution < 1.29 is 0 Å². The van der Waals surface area contributed by atoms with Crippen LogP contribution in [0.5, 0.6) is 0 Å². The Morgan fingerprint density at radius 2 is 1.14 bits per heavy atom. The largest absolute Gasteiger partial charge is 0.400 e. The molecular formula is C25H43NSi2. The number of benzene rings is 1. The van der Waals surface area contributed by atoms with Gasteiger partial charge in [0.05, 0.1) is 0 Å². The molecule has 28 heavy (non-hydrogen) atoms. The lowest BCUT2D eigenvalue weighted by atomic mass is 10.1. The van der Waals surface area contributed by atoms with Crippen LogP contribution in [-0.4, -0.2) is 19.9 Å². The zero-order chi connectivity index (χ0) is 21.6. The van der Waals surface area contributed by atoms with E-state index in [1.807, 2.05) is 0 Å². The van der Waals surface area contributed by atoms with Crippen molar-refractivity contribution in [1.82, 2.24) is 4.57 Å². The molecule has 0 aromatic heterocycles. The van der Waals surface area contributed by atoms with Crippen LogP contribution in [0.3, 0.4) is 0 Å². The standard InChI is InChI=1S/C25H43NSi2/c1-22(2,3)27(23(4,5)6)21-20-16-14-13-15-19(20)17-18-26(21)28(27,24(7,8)9)25(10,11)12/h13-18,21H,1-12H3/t21-/m0/s1. The summed E-state index contributed by atoms with van der Waals surface area (Å²) in [5.74, 6) is 0. The van der Waals surface area contributed by atoms with Crippen molar-refractivity contribution in [2.24, 2.45) is 0 Å². The average Bonchev–Trinajstić information content (AvgIpc) is 2.41. The Morgan fingerprint density at radius 1 is 0.679 bits per heavy atom. The van der Waals surface area contributed by atoms with E-state index in [1.54, 1.807) is 5.56 Å². The van der Waals surface area contributed by atoms with Gasteiger partial charge in [-0.25, -0.2) is 0 Å². The van der Waals surface area contributed by atoms with Gasteiger partial charge in [-0.05, 0) is 43.6 Å². The maximum atomic E-state index is 2.96. The molecule has 1 aromatic carbocycles. The van der Waals surface area contributed by atoms with Crippen molar-refractivity contribution >= 4 is 21.4 Å². The Kier molecular flexibility index (Phi) is 4.59. The van der Waals surface area contributed by atoms with Crippen LogP contribution < -0.4 is 0 Å². The van der Waals surface area contributed by atoms with Crippen molar-refractivity contribution in [3.8, 4) is 0 Å². The molecule has 1 aromatic rings. The van der Waals surface area contributed by atoms with Crippen LogP contribution in [0.25, 0.3) is 6.08 Å². The highest BCUT2D eigenvalue weighted by molar-refractivity contribution is 7.49. The lowest BCUT2D eigenvalue weighted by molar-refractivity contribution is 0.357. The Morgan fingerprint density at radius 3 is 1.57 bits per heavy atom. The predicted octanol–water partition coefficient (Wildman–Crippen LogP) is 8.24. The molecular weight excluding hydrogens is 370 g/mol. The monoisotopic (exact) mass is 413 g/mol. The van der Waals surface area contributed by atoms with Gasteiger partial charge < -0.3 is 4.57 Å². The summed E-state index contributed by atoms with van der Waals surface area (Å²) in [6.45, 7) is 30.9. The average molecular weight is 414 g/mol. The fourth-order valence-electron chi connectivity index (χ4n) is 8.50. The van der Waals surface area contributed by atoms with E-state index >= 15 is 0 Å². The molecule has 2 aliphatic rings. The van der Waals surface area contributed by atoms with Crippen LogP contribution in [0.4, 0.5) is 0 Å². The second-order valence-electron chi connectivity index (χ2n) is 13.3. The number of nitrogens with zero attached hydrogens (tertiary/aromatic N) is 1. The molecule has 0 amide bonds. The third kappa shape index (κ3) is 2.29. The zero-order valence-electron chi connectivity index (χ0n) is 20.5. The Bertz CT molecular complexity index is 766. The van der Waals surface area contributed by atoms with E-state index in [9.17, 15) is 0 Å². The minimum Gasteiger partial charge on any atom is -0.400 e. The van der Waals surface area contributed by atoms with Gasteiger partial charge in [0, 0.05) is 5.67 Å². The fraction of sp³-hybridized carbons (Fsp3) is 0.680. The summed E-state index contributed by atoms with van der Waals surface area (Å²) < 4.78 is 2.96. The molecule has 0 unspecified atom stereocenters. The van der Waals surface area contributed by atoms with Gasteiger partial charge in [0.2, 0.25) is 0 Å². The van der Waals surface area contributed by atoms with E-state index in [2.05, 4.69) is 124 Å². The van der Waals surface area contributed by atoms with Crippen molar-refractivity contribution in [3.63, 3.8) is 0 Å². The molecule has 0 spiro atoms. The second kappa shape index (κ2) is 5.88. The highest BCUT2D eigenvalue weighted by Crippen LogP contribution is 2.79. The number of fused-ring (bicyclic) bond motifs is 3. The molecule has 1 atom stereocenters. The van der Waals surface area contributed by atoms with E-state index in [4.69, 9.17) is 0 Å². The van der Waals surface area contributed by atoms with Crippen molar-refractivity contribution in [3.05, 3.63) is 41.6 Å². The van der Waals surface area contributed by atoms with Crippen LogP contribution in [0, 0.1) is 0 Å². The van der Waals surface area contributed by atoms with Gasteiger partial charge in [-0.15, -0.1) is 0 Å². The predicted molar refractivity (Wildman–Crippen MR) is 130 cm³/mol. The number of hydrogen-bond donors (Lipinski definition) is 0. The van der Waals surface area contributed by atoms with Crippen molar-refractivity contribution in [1.29, 1.82) is 0 Å². The first-order chi connectivity index (χ1) is 12.5. The minimum absolute atomic E-state index is 0.311. The molecule has 2 heterocycles. The van der Waals surface area contributed by atoms with Crippen LogP contribution in [0.15, 0.2) is 30.5 Å². The quantitative estimate of drug-likeness (QED) is 0.387. The van der Waals surface area contributed by atoms with Crippen molar-refractivity contribution in [2.75, 3.05) is 0 Å². The van der Waals surface area contributed by atoms with Crippen LogP contribution in [0.1, 0.15) is 99.9 Å². The third-order valence-electron chi connectivity index (χ3n) is 7.89. The SMILES string of the molecule is CC(C)(C)[Si]1(C(C)(C)C)[C@H]2c3ccccc3C=CN2[Si]1(C(C)(C)C)C(C)(C)C. The summed E-state index contributed by atoms with van der Waals surface area (Å²) >= 11 is 0. The Hall–Kier alpha value is -0.806. The maximum absolute atomic E-state index is 2.96. The molecule has 156 valence electrons. The molecule has 0 N–H and O–H groups in total. The lowest BCUT2D eigenvalue weighted by Crippen LogP contribution is -2.96. The molecule has 0 radical (unpaired) electrons. The van der Waals surface area contributed by atoms with E-state index in [1.165, 1.54) is 5.56 Å². The van der Waals surface area contributed by atoms with Gasteiger partial charge in [0.15, 0.2) is 7.75 Å². The maximum Gasteiger partial charge on any atom is 0.159 e. The van der Waals surface area contributed by atoms with Gasteiger partial charge in [-0.2, -0.15) is 0 Å². The molecule has 1 saturated heterocycles. The highest BCUT2D eigenvalue weighted by atomic mass is 29.3. The molecule has 3 heteroatoms. The first-order valence-corrected chi connectivity index (χ1v) is 16.0. The summed E-state index contributed by atoms with van der Waals surface area (Å²) in [5.41, 5.74) is 3.64. The van der Waals surface area contributed by atoms with Crippen molar-refractivity contribution in [2.45, 2.75) is 109 Å². The van der Waals surface area contributed by atoms with E-state index in [-0.39, 0.29) is 0 Å². The van der Waals surface area contributed by atoms with Gasteiger partial charge in [0.1, 0.15) is 7.59 Å². The smallest absolute Gasteiger partial charge is 0.159 e. The number of hydrogen-bond acceptors (Lipinski definition) is 1. The van der Waals surface area contributed by atoms with Crippen LogP contribution >= 0.6 is 0 Å². The lowest BCUT2D eigenvalue weighted by Gasteiger charge is -2.84.